The number of nitrogens with zero attached hydrogens (tertiary/aromatic N) is 6. The van der Waals surface area contributed by atoms with Crippen LogP contribution in [0.15, 0.2) is 84.1 Å². The molecular formula is C28H28N8OS. The number of nitrogens with one attached hydrogen (secondary N) is 1. The maximum Gasteiger partial charge on any atom is 0.262 e. The Morgan fingerprint density at radius 3 is 2.66 bits per heavy atom. The van der Waals surface area contributed by atoms with E-state index in [4.69, 9.17) is 10.8 Å². The number of fused-ring (bicyclic) bond motifs is 1. The van der Waals surface area contributed by atoms with Crippen LogP contribution < -0.4 is 11.1 Å². The summed E-state index contributed by atoms with van der Waals surface area (Å²) < 4.78 is 5.77. The molecule has 1 fully saturated rings. The average Bonchev–Trinajstić information content (AvgIpc) is 3.56. The van der Waals surface area contributed by atoms with Crippen molar-refractivity contribution in [3.63, 3.8) is 0 Å². The Bertz CT molecular complexity index is 1580. The maximum absolute atomic E-state index is 13.3. The average molecular weight is 525 g/mol. The third kappa shape index (κ3) is 4.88. The first kappa shape index (κ1) is 24.2. The van der Waals surface area contributed by atoms with Crippen molar-refractivity contribution in [1.82, 2.24) is 28.7 Å². The van der Waals surface area contributed by atoms with Crippen LogP contribution in [-0.4, -0.2) is 47.7 Å². The van der Waals surface area contributed by atoms with E-state index in [9.17, 15) is 4.79 Å². The lowest BCUT2D eigenvalue weighted by Gasteiger charge is -2.30. The number of para-hydroxylation sites is 1. The van der Waals surface area contributed by atoms with Crippen molar-refractivity contribution < 1.29 is 4.79 Å². The Hall–Kier alpha value is -4.15. The fourth-order valence-electron chi connectivity index (χ4n) is 4.69. The van der Waals surface area contributed by atoms with Gasteiger partial charge < -0.3 is 11.1 Å². The van der Waals surface area contributed by atoms with Crippen LogP contribution in [-0.2, 0) is 0 Å². The van der Waals surface area contributed by atoms with Gasteiger partial charge in [0.15, 0.2) is 5.65 Å². The highest BCUT2D eigenvalue weighted by Crippen LogP contribution is 2.36. The Balaban J connectivity index is 1.24. The Labute approximate surface area is 224 Å². The number of anilines is 2. The molecule has 2 aromatic carbocycles. The molecule has 1 amide bonds. The molecule has 38 heavy (non-hydrogen) atoms. The van der Waals surface area contributed by atoms with Crippen LogP contribution in [0.4, 0.5) is 11.5 Å². The van der Waals surface area contributed by atoms with Crippen LogP contribution in [0.5, 0.6) is 0 Å². The molecule has 0 unspecified atom stereocenters. The van der Waals surface area contributed by atoms with Gasteiger partial charge in [0, 0.05) is 48.1 Å². The SMILES string of the molecule is Cc1ccc(-n2nc(C3CCN(Sc4ccccc4N)CC3)cc2NC(=O)c2cnn3cccnc23)cc1. The minimum atomic E-state index is -0.273. The van der Waals surface area contributed by atoms with E-state index >= 15 is 0 Å². The van der Waals surface area contributed by atoms with E-state index in [1.54, 1.807) is 34.9 Å². The monoisotopic (exact) mass is 524 g/mol. The zero-order valence-corrected chi connectivity index (χ0v) is 21.8. The van der Waals surface area contributed by atoms with E-state index in [1.165, 1.54) is 6.20 Å². The highest BCUT2D eigenvalue weighted by Gasteiger charge is 2.26. The number of benzene rings is 2. The van der Waals surface area contributed by atoms with E-state index in [0.29, 0.717) is 22.9 Å². The molecule has 0 aliphatic carbocycles. The largest absolute Gasteiger partial charge is 0.398 e. The summed E-state index contributed by atoms with van der Waals surface area (Å²) in [6, 6.07) is 19.9. The molecule has 3 N–H and O–H groups in total. The number of amides is 1. The number of nitrogens with two attached hydrogens (primary N) is 1. The summed E-state index contributed by atoms with van der Waals surface area (Å²) in [5.74, 6) is 0.643. The summed E-state index contributed by atoms with van der Waals surface area (Å²) >= 11 is 1.71. The van der Waals surface area contributed by atoms with Crippen LogP contribution in [0, 0.1) is 6.92 Å². The van der Waals surface area contributed by atoms with Gasteiger partial charge in [-0.1, -0.05) is 29.8 Å². The Kier molecular flexibility index (Phi) is 6.57. The summed E-state index contributed by atoms with van der Waals surface area (Å²) in [6.07, 6.45) is 6.90. The van der Waals surface area contributed by atoms with Gasteiger partial charge in [0.25, 0.3) is 5.91 Å². The molecule has 1 aliphatic heterocycles. The van der Waals surface area contributed by atoms with Gasteiger partial charge in [0.1, 0.15) is 11.4 Å². The smallest absolute Gasteiger partial charge is 0.262 e. The second kappa shape index (κ2) is 10.3. The van der Waals surface area contributed by atoms with E-state index in [2.05, 4.69) is 25.8 Å². The molecule has 10 heteroatoms. The van der Waals surface area contributed by atoms with Crippen LogP contribution in [0.25, 0.3) is 11.3 Å². The first-order chi connectivity index (χ1) is 18.5. The molecule has 192 valence electrons. The second-order valence-corrected chi connectivity index (χ2v) is 10.6. The topological polar surface area (TPSA) is 106 Å². The van der Waals surface area contributed by atoms with E-state index in [0.717, 1.165) is 53.5 Å². The van der Waals surface area contributed by atoms with Crippen molar-refractivity contribution in [3.8, 4) is 5.69 Å². The summed E-state index contributed by atoms with van der Waals surface area (Å²) in [4.78, 5) is 18.7. The lowest BCUT2D eigenvalue weighted by molar-refractivity contribution is 0.102. The predicted octanol–water partition coefficient (Wildman–Crippen LogP) is 4.94. The fraction of sp³-hybridized carbons (Fsp3) is 0.214. The zero-order chi connectivity index (χ0) is 26.1. The molecular weight excluding hydrogens is 496 g/mol. The van der Waals surface area contributed by atoms with Gasteiger partial charge in [-0.25, -0.2) is 18.5 Å². The molecule has 0 spiro atoms. The third-order valence-electron chi connectivity index (χ3n) is 6.79. The van der Waals surface area contributed by atoms with Gasteiger partial charge >= 0.3 is 0 Å². The van der Waals surface area contributed by atoms with Crippen LogP contribution in [0.2, 0.25) is 0 Å². The lowest BCUT2D eigenvalue weighted by atomic mass is 9.95. The predicted molar refractivity (Wildman–Crippen MR) is 150 cm³/mol. The van der Waals surface area contributed by atoms with Crippen LogP contribution in [0.1, 0.15) is 40.4 Å². The maximum atomic E-state index is 13.3. The molecule has 1 aliphatic rings. The van der Waals surface area contributed by atoms with Crippen molar-refractivity contribution in [3.05, 3.63) is 96.1 Å². The van der Waals surface area contributed by atoms with Gasteiger partial charge in [-0.2, -0.15) is 10.2 Å². The number of aromatic nitrogens is 5. The van der Waals surface area contributed by atoms with Crippen molar-refractivity contribution in [1.29, 1.82) is 0 Å². The minimum absolute atomic E-state index is 0.273. The second-order valence-electron chi connectivity index (χ2n) is 9.43. The number of piperidine rings is 1. The summed E-state index contributed by atoms with van der Waals surface area (Å²) in [7, 11) is 0. The molecule has 1 saturated heterocycles. The number of carbonyl (C=O) groups is 1. The van der Waals surface area contributed by atoms with Crippen LogP contribution in [0.3, 0.4) is 0 Å². The molecule has 5 aromatic rings. The normalized spacial score (nSPS) is 14.7. The number of rotatable bonds is 6. The van der Waals surface area contributed by atoms with E-state index in [-0.39, 0.29) is 5.91 Å². The van der Waals surface area contributed by atoms with Gasteiger partial charge in [0.05, 0.1) is 17.6 Å². The molecule has 0 radical (unpaired) electrons. The molecule has 3 aromatic heterocycles. The first-order valence-electron chi connectivity index (χ1n) is 12.6. The number of aryl methyl sites for hydroxylation is 1. The minimum Gasteiger partial charge on any atom is -0.398 e. The molecule has 0 bridgehead atoms. The summed E-state index contributed by atoms with van der Waals surface area (Å²) in [5, 5.41) is 12.3. The lowest BCUT2D eigenvalue weighted by Crippen LogP contribution is -2.27. The number of carbonyl (C=O) groups excluding carboxylic acids is 1. The fourth-order valence-corrected chi connectivity index (χ4v) is 5.67. The number of nitrogen functional groups attached to an aromatic ring is 1. The van der Waals surface area contributed by atoms with Gasteiger partial charge in [-0.15, -0.1) is 0 Å². The third-order valence-corrected chi connectivity index (χ3v) is 7.98. The molecule has 0 atom stereocenters. The Morgan fingerprint density at radius 2 is 1.87 bits per heavy atom. The van der Waals surface area contributed by atoms with Gasteiger partial charge in [-0.05, 0) is 62.0 Å². The van der Waals surface area contributed by atoms with E-state index < -0.39 is 0 Å². The van der Waals surface area contributed by atoms with Crippen LogP contribution >= 0.6 is 11.9 Å². The van der Waals surface area contributed by atoms with Gasteiger partial charge in [-0.3, -0.25) is 4.79 Å². The number of hydrogen-bond donors (Lipinski definition) is 2. The number of hydrogen-bond acceptors (Lipinski definition) is 7. The standard InChI is InChI=1S/C28H28N8OS/c1-19-7-9-21(10-8-19)36-26(32-28(37)22-18-31-35-14-4-13-30-27(22)35)17-24(33-36)20-11-15-34(16-12-20)38-25-6-3-2-5-23(25)29/h2-10,13-14,17-18,20H,11-12,15-16,29H2,1H3,(H,32,37). The van der Waals surface area contributed by atoms with Crippen molar-refractivity contribution in [2.24, 2.45) is 0 Å². The van der Waals surface area contributed by atoms with Crippen molar-refractivity contribution in [2.75, 3.05) is 24.1 Å². The molecule has 6 rings (SSSR count). The van der Waals surface area contributed by atoms with Crippen molar-refractivity contribution >= 4 is 35.0 Å². The van der Waals surface area contributed by atoms with Gasteiger partial charge in [0.2, 0.25) is 0 Å². The van der Waals surface area contributed by atoms with E-state index in [1.807, 2.05) is 60.1 Å². The summed E-state index contributed by atoms with van der Waals surface area (Å²) in [6.45, 7) is 3.90. The molecule has 9 nitrogen and oxygen atoms in total. The zero-order valence-electron chi connectivity index (χ0n) is 21.0. The quantitative estimate of drug-likeness (QED) is 0.239. The Morgan fingerprint density at radius 1 is 1.08 bits per heavy atom. The highest BCUT2D eigenvalue weighted by molar-refractivity contribution is 7.97. The molecule has 4 heterocycles. The molecule has 0 saturated carbocycles. The highest BCUT2D eigenvalue weighted by atomic mass is 32.2. The summed E-state index contributed by atoms with van der Waals surface area (Å²) in [5.41, 5.74) is 10.9. The van der Waals surface area contributed by atoms with Crippen molar-refractivity contribution in [2.45, 2.75) is 30.6 Å². The first-order valence-corrected chi connectivity index (χ1v) is 13.4.